The summed E-state index contributed by atoms with van der Waals surface area (Å²) in [6.07, 6.45) is 2.12. The van der Waals surface area contributed by atoms with E-state index in [9.17, 15) is 9.59 Å². The van der Waals surface area contributed by atoms with Gasteiger partial charge in [0.2, 0.25) is 11.8 Å². The molecule has 2 atom stereocenters. The van der Waals surface area contributed by atoms with Gasteiger partial charge in [0, 0.05) is 23.7 Å². The fourth-order valence-corrected chi connectivity index (χ4v) is 4.80. The number of thioether (sulfide) groups is 1. The van der Waals surface area contributed by atoms with E-state index in [1.54, 1.807) is 16.7 Å². The van der Waals surface area contributed by atoms with Gasteiger partial charge >= 0.3 is 0 Å². The molecule has 2 aliphatic rings. The largest absolute Gasteiger partial charge is 0.354 e. The Labute approximate surface area is 139 Å². The second kappa shape index (κ2) is 6.13. The van der Waals surface area contributed by atoms with Crippen molar-refractivity contribution in [1.29, 1.82) is 0 Å². The van der Waals surface area contributed by atoms with Gasteiger partial charge in [0.25, 0.3) is 0 Å². The molecule has 0 aromatic heterocycles. The van der Waals surface area contributed by atoms with Crippen LogP contribution in [0.15, 0.2) is 24.3 Å². The first-order valence-corrected chi connectivity index (χ1v) is 8.84. The van der Waals surface area contributed by atoms with Crippen LogP contribution in [-0.2, 0) is 16.0 Å². The van der Waals surface area contributed by atoms with Crippen LogP contribution in [0.5, 0.6) is 0 Å². The molecule has 1 aromatic carbocycles. The molecule has 0 spiro atoms. The summed E-state index contributed by atoms with van der Waals surface area (Å²) in [6, 6.07) is 7.30. The predicted molar refractivity (Wildman–Crippen MR) is 88.9 cm³/mol. The lowest BCUT2D eigenvalue weighted by Gasteiger charge is -2.29. The van der Waals surface area contributed by atoms with Gasteiger partial charge in [0.1, 0.15) is 6.04 Å². The van der Waals surface area contributed by atoms with Crippen LogP contribution in [0.3, 0.4) is 0 Å². The van der Waals surface area contributed by atoms with E-state index < -0.39 is 0 Å². The van der Waals surface area contributed by atoms with Gasteiger partial charge in [-0.05, 0) is 37.5 Å². The van der Waals surface area contributed by atoms with Crippen molar-refractivity contribution < 1.29 is 9.59 Å². The third kappa shape index (κ3) is 2.97. The van der Waals surface area contributed by atoms with E-state index in [1.165, 1.54) is 0 Å². The Kier molecular flexibility index (Phi) is 4.37. The minimum Gasteiger partial charge on any atom is -0.354 e. The highest BCUT2D eigenvalue weighted by molar-refractivity contribution is 8.01. The number of nitrogens with one attached hydrogen (secondary N) is 1. The van der Waals surface area contributed by atoms with E-state index in [0.717, 1.165) is 18.4 Å². The SMILES string of the molecule is CC12CCC(=O)N1C(C(=O)NCCc1cccc(Cl)c1)CS2. The zero-order chi connectivity index (χ0) is 15.7. The Balaban J connectivity index is 1.55. The minimum absolute atomic E-state index is 0.0477. The number of benzene rings is 1. The number of carbonyl (C=O) groups is 2. The first-order chi connectivity index (χ1) is 10.5. The lowest BCUT2D eigenvalue weighted by atomic mass is 10.1. The number of hydrogen-bond donors (Lipinski definition) is 1. The maximum absolute atomic E-state index is 12.4. The molecule has 0 radical (unpaired) electrons. The van der Waals surface area contributed by atoms with Gasteiger partial charge < -0.3 is 10.2 Å². The summed E-state index contributed by atoms with van der Waals surface area (Å²) in [4.78, 5) is 26.0. The standard InChI is InChI=1S/C16H19ClN2O2S/c1-16-7-5-14(20)19(16)13(10-22-16)15(21)18-8-6-11-3-2-4-12(17)9-11/h2-4,9,13H,5-8,10H2,1H3,(H,18,21). The molecule has 2 saturated heterocycles. The van der Waals surface area contributed by atoms with Crippen LogP contribution in [0.25, 0.3) is 0 Å². The summed E-state index contributed by atoms with van der Waals surface area (Å²) in [5.41, 5.74) is 1.09. The Hall–Kier alpha value is -1.20. The number of carbonyl (C=O) groups excluding carboxylic acids is 2. The second-order valence-electron chi connectivity index (χ2n) is 5.94. The molecule has 2 aliphatic heterocycles. The molecule has 22 heavy (non-hydrogen) atoms. The first kappa shape index (κ1) is 15.7. The molecule has 2 unspecified atom stereocenters. The van der Waals surface area contributed by atoms with Gasteiger partial charge in [0.15, 0.2) is 0 Å². The lowest BCUT2D eigenvalue weighted by Crippen LogP contribution is -2.50. The molecule has 2 heterocycles. The van der Waals surface area contributed by atoms with Crippen molar-refractivity contribution in [2.24, 2.45) is 0 Å². The van der Waals surface area contributed by atoms with Crippen molar-refractivity contribution in [2.75, 3.05) is 12.3 Å². The number of hydrogen-bond acceptors (Lipinski definition) is 3. The summed E-state index contributed by atoms with van der Waals surface area (Å²) in [5, 5.41) is 3.66. The number of amides is 2. The molecule has 6 heteroatoms. The van der Waals surface area contributed by atoms with Crippen molar-refractivity contribution in [3.63, 3.8) is 0 Å². The fraction of sp³-hybridized carbons (Fsp3) is 0.500. The molecule has 118 valence electrons. The topological polar surface area (TPSA) is 49.4 Å². The van der Waals surface area contributed by atoms with Crippen LogP contribution in [-0.4, -0.2) is 39.9 Å². The van der Waals surface area contributed by atoms with Gasteiger partial charge in [-0.2, -0.15) is 0 Å². The molecule has 0 bridgehead atoms. The van der Waals surface area contributed by atoms with Crippen LogP contribution in [0.1, 0.15) is 25.3 Å². The third-order valence-corrected chi connectivity index (χ3v) is 6.09. The maximum atomic E-state index is 12.4. The van der Waals surface area contributed by atoms with Crippen molar-refractivity contribution in [3.8, 4) is 0 Å². The molecule has 4 nitrogen and oxygen atoms in total. The van der Waals surface area contributed by atoms with Gasteiger partial charge in [-0.3, -0.25) is 9.59 Å². The molecule has 1 N–H and O–H groups in total. The average molecular weight is 339 g/mol. The predicted octanol–water partition coefficient (Wildman–Crippen LogP) is 2.45. The Morgan fingerprint density at radius 1 is 1.55 bits per heavy atom. The van der Waals surface area contributed by atoms with E-state index in [2.05, 4.69) is 12.2 Å². The first-order valence-electron chi connectivity index (χ1n) is 7.48. The van der Waals surface area contributed by atoms with Crippen molar-refractivity contribution >= 4 is 35.2 Å². The van der Waals surface area contributed by atoms with Crippen molar-refractivity contribution in [1.82, 2.24) is 10.2 Å². The number of fused-ring (bicyclic) bond motifs is 1. The van der Waals surface area contributed by atoms with E-state index in [0.29, 0.717) is 23.7 Å². The third-order valence-electron chi connectivity index (χ3n) is 4.35. The Morgan fingerprint density at radius 2 is 2.36 bits per heavy atom. The summed E-state index contributed by atoms with van der Waals surface area (Å²) in [6.45, 7) is 2.61. The fourth-order valence-electron chi connectivity index (χ4n) is 3.15. The summed E-state index contributed by atoms with van der Waals surface area (Å²) in [7, 11) is 0. The van der Waals surface area contributed by atoms with Crippen LogP contribution >= 0.6 is 23.4 Å². The van der Waals surface area contributed by atoms with Crippen LogP contribution in [0.2, 0.25) is 5.02 Å². The van der Waals surface area contributed by atoms with E-state index in [4.69, 9.17) is 11.6 Å². The molecule has 2 fully saturated rings. The molecule has 2 amide bonds. The Bertz CT molecular complexity index is 610. The lowest BCUT2D eigenvalue weighted by molar-refractivity contribution is -0.137. The smallest absolute Gasteiger partial charge is 0.243 e. The number of rotatable bonds is 4. The van der Waals surface area contributed by atoms with Crippen LogP contribution < -0.4 is 5.32 Å². The van der Waals surface area contributed by atoms with Crippen LogP contribution in [0, 0.1) is 0 Å². The van der Waals surface area contributed by atoms with Gasteiger partial charge in [-0.15, -0.1) is 11.8 Å². The molecule has 3 rings (SSSR count). The molecular weight excluding hydrogens is 320 g/mol. The van der Waals surface area contributed by atoms with Gasteiger partial charge in [0.05, 0.1) is 4.87 Å². The minimum atomic E-state index is -0.329. The van der Waals surface area contributed by atoms with E-state index in [-0.39, 0.29) is 22.7 Å². The number of halogens is 1. The molecule has 0 aliphatic carbocycles. The van der Waals surface area contributed by atoms with E-state index in [1.807, 2.05) is 24.3 Å². The monoisotopic (exact) mass is 338 g/mol. The zero-order valence-electron chi connectivity index (χ0n) is 12.5. The highest BCUT2D eigenvalue weighted by Crippen LogP contribution is 2.47. The normalized spacial score (nSPS) is 27.1. The number of nitrogens with zero attached hydrogens (tertiary/aromatic N) is 1. The Morgan fingerprint density at radius 3 is 3.14 bits per heavy atom. The summed E-state index contributed by atoms with van der Waals surface area (Å²) in [5.74, 6) is 0.738. The highest BCUT2D eigenvalue weighted by atomic mass is 35.5. The average Bonchev–Trinajstić information content (AvgIpc) is 2.96. The molecule has 0 saturated carbocycles. The van der Waals surface area contributed by atoms with Crippen LogP contribution in [0.4, 0.5) is 0 Å². The van der Waals surface area contributed by atoms with E-state index >= 15 is 0 Å². The van der Waals surface area contributed by atoms with Gasteiger partial charge in [-0.25, -0.2) is 0 Å². The summed E-state index contributed by atoms with van der Waals surface area (Å²) < 4.78 is 0. The summed E-state index contributed by atoms with van der Waals surface area (Å²) >= 11 is 7.66. The highest BCUT2D eigenvalue weighted by Gasteiger charge is 2.52. The molecule has 1 aromatic rings. The van der Waals surface area contributed by atoms with Gasteiger partial charge in [-0.1, -0.05) is 23.7 Å². The quantitative estimate of drug-likeness (QED) is 0.917. The molecular formula is C16H19ClN2O2S. The van der Waals surface area contributed by atoms with Crippen molar-refractivity contribution in [3.05, 3.63) is 34.9 Å². The maximum Gasteiger partial charge on any atom is 0.243 e. The second-order valence-corrected chi connectivity index (χ2v) is 7.87. The van der Waals surface area contributed by atoms with Crippen molar-refractivity contribution in [2.45, 2.75) is 37.1 Å². The zero-order valence-corrected chi connectivity index (χ0v) is 14.0.